The number of carboxylic acid groups (broad SMARTS) is 1. The van der Waals surface area contributed by atoms with Gasteiger partial charge in [-0.2, -0.15) is 0 Å². The van der Waals surface area contributed by atoms with E-state index in [2.05, 4.69) is 5.32 Å². The van der Waals surface area contributed by atoms with Gasteiger partial charge >= 0.3 is 5.97 Å². The van der Waals surface area contributed by atoms with Crippen LogP contribution in [-0.2, 0) is 9.59 Å². The second-order valence-corrected chi connectivity index (χ2v) is 5.21. The second kappa shape index (κ2) is 7.27. The van der Waals surface area contributed by atoms with Crippen molar-refractivity contribution in [2.24, 2.45) is 11.7 Å². The molecule has 1 amide bonds. The molecular formula is C12H24N2O3. The molecule has 0 heterocycles. The minimum absolute atomic E-state index is 0.0410. The molecular weight excluding hydrogens is 220 g/mol. The van der Waals surface area contributed by atoms with Crippen LogP contribution in [0, 0.1) is 5.92 Å². The van der Waals surface area contributed by atoms with Crippen LogP contribution in [0.1, 0.15) is 46.5 Å². The molecule has 0 aromatic carbocycles. The van der Waals surface area contributed by atoms with Gasteiger partial charge in [-0.15, -0.1) is 0 Å². The Morgan fingerprint density at radius 3 is 2.41 bits per heavy atom. The maximum absolute atomic E-state index is 11.6. The number of carboxylic acids is 1. The molecule has 0 aliphatic heterocycles. The molecule has 0 spiro atoms. The van der Waals surface area contributed by atoms with Crippen LogP contribution in [0.5, 0.6) is 0 Å². The van der Waals surface area contributed by atoms with Crippen LogP contribution in [0.2, 0.25) is 0 Å². The fourth-order valence-corrected chi connectivity index (χ4v) is 1.42. The lowest BCUT2D eigenvalue weighted by atomic mass is 9.97. The molecule has 100 valence electrons. The van der Waals surface area contributed by atoms with Gasteiger partial charge in [0.2, 0.25) is 5.91 Å². The summed E-state index contributed by atoms with van der Waals surface area (Å²) in [7, 11) is 0. The number of hydrogen-bond acceptors (Lipinski definition) is 3. The summed E-state index contributed by atoms with van der Waals surface area (Å²) in [5.74, 6) is -0.548. The molecule has 5 heteroatoms. The third-order valence-corrected chi connectivity index (χ3v) is 2.71. The molecule has 0 saturated carbocycles. The summed E-state index contributed by atoms with van der Waals surface area (Å²) >= 11 is 0. The summed E-state index contributed by atoms with van der Waals surface area (Å²) in [6.45, 7) is 6.25. The van der Waals surface area contributed by atoms with Crippen molar-refractivity contribution in [2.75, 3.05) is 6.54 Å². The van der Waals surface area contributed by atoms with Gasteiger partial charge in [-0.3, -0.25) is 9.59 Å². The molecule has 0 bridgehead atoms. The summed E-state index contributed by atoms with van der Waals surface area (Å²) < 4.78 is 0. The van der Waals surface area contributed by atoms with Crippen molar-refractivity contribution < 1.29 is 14.7 Å². The lowest BCUT2D eigenvalue weighted by molar-refractivity contribution is -0.137. The van der Waals surface area contributed by atoms with E-state index in [-0.39, 0.29) is 12.3 Å². The van der Waals surface area contributed by atoms with Crippen molar-refractivity contribution in [3.8, 4) is 0 Å². The lowest BCUT2D eigenvalue weighted by Gasteiger charge is -2.26. The highest BCUT2D eigenvalue weighted by molar-refractivity contribution is 5.76. The zero-order valence-electron chi connectivity index (χ0n) is 11.0. The van der Waals surface area contributed by atoms with Gasteiger partial charge in [0.05, 0.1) is 0 Å². The Labute approximate surface area is 103 Å². The van der Waals surface area contributed by atoms with Crippen LogP contribution in [0.15, 0.2) is 0 Å². The summed E-state index contributed by atoms with van der Waals surface area (Å²) in [6.07, 6.45) is 1.69. The Morgan fingerprint density at radius 2 is 1.94 bits per heavy atom. The number of aliphatic carboxylic acids is 1. The lowest BCUT2D eigenvalue weighted by Crippen LogP contribution is -2.43. The van der Waals surface area contributed by atoms with E-state index < -0.39 is 11.5 Å². The molecule has 1 unspecified atom stereocenters. The van der Waals surface area contributed by atoms with E-state index in [0.29, 0.717) is 25.3 Å². The van der Waals surface area contributed by atoms with E-state index in [1.54, 1.807) is 0 Å². The minimum atomic E-state index is -0.843. The predicted molar refractivity (Wildman–Crippen MR) is 66.5 cm³/mol. The molecule has 0 aliphatic carbocycles. The quantitative estimate of drug-likeness (QED) is 0.596. The fraction of sp³-hybridized carbons (Fsp3) is 0.833. The van der Waals surface area contributed by atoms with E-state index in [0.717, 1.165) is 6.42 Å². The summed E-state index contributed by atoms with van der Waals surface area (Å²) in [5, 5.41) is 11.4. The van der Waals surface area contributed by atoms with Crippen LogP contribution in [-0.4, -0.2) is 29.1 Å². The molecule has 5 nitrogen and oxygen atoms in total. The van der Waals surface area contributed by atoms with Crippen LogP contribution in [0.3, 0.4) is 0 Å². The number of hydrogen-bond donors (Lipinski definition) is 3. The number of carbonyl (C=O) groups is 2. The van der Waals surface area contributed by atoms with Gasteiger partial charge in [0.15, 0.2) is 0 Å². The summed E-state index contributed by atoms with van der Waals surface area (Å²) in [5.41, 5.74) is 5.00. The maximum atomic E-state index is 11.6. The summed E-state index contributed by atoms with van der Waals surface area (Å²) in [6, 6.07) is 0. The Morgan fingerprint density at radius 1 is 1.35 bits per heavy atom. The third kappa shape index (κ3) is 8.68. The molecule has 0 aromatic rings. The first-order valence-corrected chi connectivity index (χ1v) is 5.99. The van der Waals surface area contributed by atoms with E-state index in [1.807, 2.05) is 20.8 Å². The molecule has 17 heavy (non-hydrogen) atoms. The van der Waals surface area contributed by atoms with E-state index in [9.17, 15) is 9.59 Å². The van der Waals surface area contributed by atoms with Gasteiger partial charge < -0.3 is 16.2 Å². The van der Waals surface area contributed by atoms with Gasteiger partial charge in [-0.25, -0.2) is 0 Å². The van der Waals surface area contributed by atoms with Gasteiger partial charge in [-0.1, -0.05) is 6.92 Å². The number of nitrogens with one attached hydrogen (secondary N) is 1. The van der Waals surface area contributed by atoms with Crippen LogP contribution in [0.4, 0.5) is 0 Å². The fourth-order valence-electron chi connectivity index (χ4n) is 1.42. The molecule has 0 fully saturated rings. The smallest absolute Gasteiger partial charge is 0.303 e. The number of carbonyl (C=O) groups excluding carboxylic acids is 1. The Kier molecular flexibility index (Phi) is 6.80. The molecule has 0 aliphatic rings. The maximum Gasteiger partial charge on any atom is 0.303 e. The van der Waals surface area contributed by atoms with Crippen molar-refractivity contribution in [1.29, 1.82) is 0 Å². The highest BCUT2D eigenvalue weighted by atomic mass is 16.4. The van der Waals surface area contributed by atoms with Crippen LogP contribution in [0.25, 0.3) is 0 Å². The monoisotopic (exact) mass is 244 g/mol. The number of nitrogens with two attached hydrogens (primary N) is 1. The first-order valence-electron chi connectivity index (χ1n) is 5.99. The van der Waals surface area contributed by atoms with Crippen molar-refractivity contribution >= 4 is 11.9 Å². The van der Waals surface area contributed by atoms with Crippen molar-refractivity contribution in [3.63, 3.8) is 0 Å². The Bertz CT molecular complexity index is 264. The van der Waals surface area contributed by atoms with Gasteiger partial charge in [-0.05, 0) is 39.2 Å². The van der Waals surface area contributed by atoms with E-state index >= 15 is 0 Å². The highest BCUT2D eigenvalue weighted by Crippen LogP contribution is 2.12. The molecule has 1 atom stereocenters. The van der Waals surface area contributed by atoms with Gasteiger partial charge in [0, 0.05) is 18.4 Å². The number of amides is 1. The predicted octanol–water partition coefficient (Wildman–Crippen LogP) is 1.12. The molecule has 0 saturated heterocycles. The molecule has 4 N–H and O–H groups in total. The minimum Gasteiger partial charge on any atom is -0.481 e. The molecule has 0 rings (SSSR count). The standard InChI is InChI=1S/C12H24N2O3/c1-9(8-13)4-5-10(15)14-12(2,3)7-6-11(16)17/h9H,4-8,13H2,1-3H3,(H,14,15)(H,16,17). The van der Waals surface area contributed by atoms with Gasteiger partial charge in [0.25, 0.3) is 0 Å². The Hall–Kier alpha value is -1.10. The van der Waals surface area contributed by atoms with E-state index in [1.165, 1.54) is 0 Å². The first-order chi connectivity index (χ1) is 7.76. The van der Waals surface area contributed by atoms with Crippen LogP contribution >= 0.6 is 0 Å². The largest absolute Gasteiger partial charge is 0.481 e. The van der Waals surface area contributed by atoms with E-state index in [4.69, 9.17) is 10.8 Å². The summed E-state index contributed by atoms with van der Waals surface area (Å²) in [4.78, 5) is 22.1. The van der Waals surface area contributed by atoms with Crippen molar-refractivity contribution in [1.82, 2.24) is 5.32 Å². The van der Waals surface area contributed by atoms with Gasteiger partial charge in [0.1, 0.15) is 0 Å². The Balaban J connectivity index is 3.96. The molecule has 0 radical (unpaired) electrons. The van der Waals surface area contributed by atoms with Crippen molar-refractivity contribution in [3.05, 3.63) is 0 Å². The highest BCUT2D eigenvalue weighted by Gasteiger charge is 2.21. The average Bonchev–Trinajstić information content (AvgIpc) is 2.22. The second-order valence-electron chi connectivity index (χ2n) is 5.21. The zero-order chi connectivity index (χ0) is 13.5. The SMILES string of the molecule is CC(CN)CCC(=O)NC(C)(C)CCC(=O)O. The third-order valence-electron chi connectivity index (χ3n) is 2.71. The average molecular weight is 244 g/mol. The van der Waals surface area contributed by atoms with Crippen LogP contribution < -0.4 is 11.1 Å². The zero-order valence-corrected chi connectivity index (χ0v) is 11.0. The topological polar surface area (TPSA) is 92.4 Å². The first kappa shape index (κ1) is 15.9. The molecule has 0 aromatic heterocycles. The van der Waals surface area contributed by atoms with Crippen molar-refractivity contribution in [2.45, 2.75) is 52.0 Å². The number of rotatable bonds is 8. The normalized spacial score (nSPS) is 13.2.